The molecule has 6 rings (SSSR count). The summed E-state index contributed by atoms with van der Waals surface area (Å²) in [5.74, 6) is 0.272. The van der Waals surface area contributed by atoms with Crippen LogP contribution in [0.5, 0.6) is 0 Å². The Labute approximate surface area is 243 Å². The molecule has 0 bridgehead atoms. The van der Waals surface area contributed by atoms with Gasteiger partial charge in [-0.3, -0.25) is 4.90 Å². The van der Waals surface area contributed by atoms with E-state index in [2.05, 4.69) is 17.9 Å². The quantitative estimate of drug-likeness (QED) is 0.401. The summed E-state index contributed by atoms with van der Waals surface area (Å²) in [6.07, 6.45) is 9.55. The number of carbonyl (C=O) groups excluding carboxylic acids is 1. The van der Waals surface area contributed by atoms with Crippen LogP contribution in [0.3, 0.4) is 0 Å². The Morgan fingerprint density at radius 3 is 2.49 bits per heavy atom. The number of nitrogens with zero attached hydrogens (tertiary/aromatic N) is 2. The fourth-order valence-electron chi connectivity index (χ4n) is 8.26. The molecule has 1 spiro atoms. The monoisotopic (exact) mass is 564 g/mol. The Morgan fingerprint density at radius 2 is 1.85 bits per heavy atom. The first kappa shape index (κ1) is 28.6. The maximum Gasteiger partial charge on any atom is 0.343 e. The molecule has 1 aromatic rings. The predicted molar refractivity (Wildman–Crippen MR) is 157 cm³/mol. The first-order valence-electron chi connectivity index (χ1n) is 15.0. The Morgan fingerprint density at radius 1 is 1.15 bits per heavy atom. The van der Waals surface area contributed by atoms with E-state index in [1.807, 2.05) is 68.4 Å². The van der Waals surface area contributed by atoms with Crippen LogP contribution in [0.25, 0.3) is 6.08 Å². The van der Waals surface area contributed by atoms with E-state index >= 15 is 0 Å². The number of aliphatic hydroxyl groups excluding tert-OH is 2. The third-order valence-corrected chi connectivity index (χ3v) is 10.8. The number of morpholine rings is 1. The molecule has 5 aliphatic rings. The molecule has 2 aliphatic carbocycles. The van der Waals surface area contributed by atoms with Crippen molar-refractivity contribution in [3.05, 3.63) is 59.4 Å². The molecule has 4 unspecified atom stereocenters. The smallest absolute Gasteiger partial charge is 0.343 e. The van der Waals surface area contributed by atoms with Crippen molar-refractivity contribution in [1.29, 1.82) is 0 Å². The van der Waals surface area contributed by atoms with E-state index in [4.69, 9.17) is 14.2 Å². The number of hydrogen-bond acceptors (Lipinski definition) is 8. The first-order chi connectivity index (χ1) is 19.6. The number of allylic oxidation sites excluding steroid dienone is 1. The van der Waals surface area contributed by atoms with Crippen LogP contribution in [0.2, 0.25) is 0 Å². The van der Waals surface area contributed by atoms with E-state index in [9.17, 15) is 15.0 Å². The number of ether oxygens (including phenoxy) is 3. The summed E-state index contributed by atoms with van der Waals surface area (Å²) in [6.45, 7) is 8.03. The largest absolute Gasteiger partial charge is 0.423 e. The SMILES string of the molecule is CN(C)c1ccc(/C=C2C=C(/C=C/C3C4(CO4)C(N4CCOCC4)CC4[C@]3(C)CC[C@@H](O)[C@@]4(C)CO)C(=O)O\2)cc1. The van der Waals surface area contributed by atoms with Gasteiger partial charge in [-0.15, -0.1) is 0 Å². The number of hydrogen-bond donors (Lipinski definition) is 2. The van der Waals surface area contributed by atoms with Gasteiger partial charge in [-0.05, 0) is 60.4 Å². The Hall–Kier alpha value is -2.49. The predicted octanol–water partition coefficient (Wildman–Crippen LogP) is 3.40. The normalized spacial score (nSPS) is 40.1. The molecule has 8 nitrogen and oxygen atoms in total. The van der Waals surface area contributed by atoms with Crippen molar-refractivity contribution in [3.8, 4) is 0 Å². The van der Waals surface area contributed by atoms with E-state index in [0.29, 0.717) is 37.6 Å². The number of benzene rings is 1. The Balaban J connectivity index is 1.32. The highest BCUT2D eigenvalue weighted by Gasteiger charge is 2.71. The molecule has 4 fully saturated rings. The van der Waals surface area contributed by atoms with Crippen LogP contribution in [0.4, 0.5) is 5.69 Å². The van der Waals surface area contributed by atoms with Crippen LogP contribution in [0, 0.1) is 22.7 Å². The van der Waals surface area contributed by atoms with E-state index in [-0.39, 0.29) is 41.5 Å². The number of esters is 1. The Kier molecular flexibility index (Phi) is 7.44. The summed E-state index contributed by atoms with van der Waals surface area (Å²) < 4.78 is 17.7. The van der Waals surface area contributed by atoms with Gasteiger partial charge in [-0.2, -0.15) is 0 Å². The standard InChI is InChI=1S/C33H44N2O6/c1-31-12-11-29(37)32(2,20-36)27(31)19-28(35-13-15-39-16-14-35)33(21-40-33)26(31)10-7-23-18-25(41-30(23)38)17-22-5-8-24(9-6-22)34(3)4/h5-10,17-18,26-29,36-37H,11-16,19-21H2,1-4H3/b10-7+,25-17+/t26?,27?,28?,29-,31-,32+,33?/m1/s1. The molecular weight excluding hydrogens is 520 g/mol. The zero-order chi connectivity index (χ0) is 29.0. The summed E-state index contributed by atoms with van der Waals surface area (Å²) in [4.78, 5) is 17.5. The van der Waals surface area contributed by atoms with E-state index in [1.165, 1.54) is 0 Å². The lowest BCUT2D eigenvalue weighted by Gasteiger charge is -2.63. The van der Waals surface area contributed by atoms with Crippen molar-refractivity contribution >= 4 is 17.7 Å². The molecule has 41 heavy (non-hydrogen) atoms. The third kappa shape index (κ3) is 4.87. The van der Waals surface area contributed by atoms with Crippen LogP contribution in [0.1, 0.15) is 38.7 Å². The lowest BCUT2D eigenvalue weighted by Crippen LogP contribution is -2.67. The highest BCUT2D eigenvalue weighted by atomic mass is 16.6. The average Bonchev–Trinajstić information content (AvgIpc) is 3.67. The minimum atomic E-state index is -0.607. The maximum absolute atomic E-state index is 12.9. The summed E-state index contributed by atoms with van der Waals surface area (Å²) in [7, 11) is 4.00. The van der Waals surface area contributed by atoms with Crippen molar-refractivity contribution in [1.82, 2.24) is 4.90 Å². The fourth-order valence-corrected chi connectivity index (χ4v) is 8.26. The molecule has 0 amide bonds. The van der Waals surface area contributed by atoms with Gasteiger partial charge >= 0.3 is 5.97 Å². The van der Waals surface area contributed by atoms with E-state index in [0.717, 1.165) is 37.2 Å². The minimum Gasteiger partial charge on any atom is -0.423 e. The van der Waals surface area contributed by atoms with Crippen molar-refractivity contribution in [3.63, 3.8) is 0 Å². The number of rotatable bonds is 6. The molecule has 7 atom stereocenters. The van der Waals surface area contributed by atoms with E-state index < -0.39 is 11.5 Å². The van der Waals surface area contributed by atoms with Crippen molar-refractivity contribution < 1.29 is 29.2 Å². The van der Waals surface area contributed by atoms with Crippen LogP contribution in [-0.2, 0) is 19.0 Å². The molecular formula is C33H44N2O6. The van der Waals surface area contributed by atoms with Gasteiger partial charge in [-0.25, -0.2) is 4.79 Å². The fraction of sp³-hybridized carbons (Fsp3) is 0.606. The van der Waals surface area contributed by atoms with Gasteiger partial charge in [0, 0.05) is 50.2 Å². The molecule has 3 heterocycles. The summed E-state index contributed by atoms with van der Waals surface area (Å²) in [6, 6.07) is 8.25. The van der Waals surface area contributed by atoms with Gasteiger partial charge in [0.05, 0.1) is 38.1 Å². The molecule has 0 aromatic heterocycles. The maximum atomic E-state index is 12.9. The summed E-state index contributed by atoms with van der Waals surface area (Å²) in [5.41, 5.74) is 1.42. The number of fused-ring (bicyclic) bond motifs is 1. The topological polar surface area (TPSA) is 95.0 Å². The first-order valence-corrected chi connectivity index (χ1v) is 15.0. The lowest BCUT2D eigenvalue weighted by molar-refractivity contribution is -0.186. The zero-order valence-corrected chi connectivity index (χ0v) is 24.7. The summed E-state index contributed by atoms with van der Waals surface area (Å²) >= 11 is 0. The molecule has 2 saturated heterocycles. The van der Waals surface area contributed by atoms with Crippen molar-refractivity contribution in [2.75, 3.05) is 58.5 Å². The molecule has 2 N–H and O–H groups in total. The van der Waals surface area contributed by atoms with Gasteiger partial charge in [0.15, 0.2) is 0 Å². The summed E-state index contributed by atoms with van der Waals surface area (Å²) in [5, 5.41) is 21.7. The van der Waals surface area contributed by atoms with Crippen molar-refractivity contribution in [2.45, 2.75) is 50.9 Å². The number of carbonyl (C=O) groups is 1. The second-order valence-electron chi connectivity index (χ2n) is 13.3. The number of aliphatic hydroxyl groups is 2. The molecule has 3 aliphatic heterocycles. The highest BCUT2D eigenvalue weighted by molar-refractivity contribution is 5.96. The Bertz CT molecular complexity index is 1240. The van der Waals surface area contributed by atoms with Gasteiger partial charge in [0.1, 0.15) is 11.4 Å². The zero-order valence-electron chi connectivity index (χ0n) is 24.7. The van der Waals surface area contributed by atoms with Gasteiger partial charge < -0.3 is 29.3 Å². The second-order valence-corrected chi connectivity index (χ2v) is 13.3. The van der Waals surface area contributed by atoms with Crippen molar-refractivity contribution in [2.24, 2.45) is 22.7 Å². The van der Waals surface area contributed by atoms with Gasteiger partial charge in [0.2, 0.25) is 0 Å². The van der Waals surface area contributed by atoms with Crippen LogP contribution in [-0.4, -0.2) is 92.4 Å². The lowest BCUT2D eigenvalue weighted by atomic mass is 9.44. The number of epoxide rings is 1. The average molecular weight is 565 g/mol. The minimum absolute atomic E-state index is 0.0141. The number of anilines is 1. The van der Waals surface area contributed by atoms with Gasteiger partial charge in [0.25, 0.3) is 0 Å². The van der Waals surface area contributed by atoms with Crippen LogP contribution >= 0.6 is 0 Å². The highest BCUT2D eigenvalue weighted by Crippen LogP contribution is 2.66. The third-order valence-electron chi connectivity index (χ3n) is 10.8. The van der Waals surface area contributed by atoms with Gasteiger partial charge in [-0.1, -0.05) is 38.1 Å². The van der Waals surface area contributed by atoms with Crippen LogP contribution < -0.4 is 4.90 Å². The molecule has 1 aromatic carbocycles. The van der Waals surface area contributed by atoms with E-state index in [1.54, 1.807) is 0 Å². The second kappa shape index (κ2) is 10.7. The molecule has 2 saturated carbocycles. The number of cyclic esters (lactones) is 1. The molecule has 0 radical (unpaired) electrons. The molecule has 222 valence electrons. The molecule has 8 heteroatoms. The van der Waals surface area contributed by atoms with Crippen LogP contribution in [0.15, 0.2) is 53.8 Å².